The maximum Gasteiger partial charge on any atom is 0.387 e. The van der Waals surface area contributed by atoms with Gasteiger partial charge in [-0.3, -0.25) is 0 Å². The van der Waals surface area contributed by atoms with Crippen molar-refractivity contribution < 1.29 is 21.9 Å². The van der Waals surface area contributed by atoms with Gasteiger partial charge < -0.3 is 9.64 Å². The Morgan fingerprint density at radius 2 is 2.00 bits per heavy atom. The van der Waals surface area contributed by atoms with E-state index in [0.717, 1.165) is 0 Å². The van der Waals surface area contributed by atoms with Crippen molar-refractivity contribution in [2.24, 2.45) is 0 Å². The summed E-state index contributed by atoms with van der Waals surface area (Å²) in [5, 5.41) is 5.21. The summed E-state index contributed by atoms with van der Waals surface area (Å²) >= 11 is 5.99. The predicted molar refractivity (Wildman–Crippen MR) is 110 cm³/mol. The number of fused-ring (bicyclic) bond motifs is 1. The van der Waals surface area contributed by atoms with Crippen molar-refractivity contribution in [3.8, 4) is 11.4 Å². The second-order valence-corrected chi connectivity index (χ2v) is 9.50. The molecule has 0 fully saturated rings. The molecule has 162 valence electrons. The Bertz CT molecular complexity index is 1170. The molecular formula is C19H21ClF2N4O3S. The van der Waals surface area contributed by atoms with E-state index in [1.165, 1.54) is 35.1 Å². The molecule has 0 radical (unpaired) electrons. The fourth-order valence-corrected chi connectivity index (χ4v) is 4.52. The van der Waals surface area contributed by atoms with E-state index in [2.05, 4.69) is 14.8 Å². The van der Waals surface area contributed by atoms with Gasteiger partial charge in [0, 0.05) is 17.6 Å². The fraction of sp³-hybridized carbons (Fsp3) is 0.368. The highest BCUT2D eigenvalue weighted by Crippen LogP contribution is 2.32. The molecule has 30 heavy (non-hydrogen) atoms. The standard InChI is InChI=1S/C19H21ClF2N4O3S/c1-12-14-11-23-18(20)10-15(14)26(24-12)16-9-13(5-6-17(16)29-19(21)22)30(27,28)8-4-7-25(2)3/h5-6,9-11,19H,4,7-8H2,1-3H3. The van der Waals surface area contributed by atoms with Crippen LogP contribution < -0.4 is 4.74 Å². The largest absolute Gasteiger partial charge is 0.433 e. The molecule has 0 N–H and O–H groups in total. The summed E-state index contributed by atoms with van der Waals surface area (Å²) in [5.74, 6) is -0.275. The first-order valence-electron chi connectivity index (χ1n) is 9.06. The molecule has 2 heterocycles. The zero-order chi connectivity index (χ0) is 22.1. The van der Waals surface area contributed by atoms with Gasteiger partial charge in [-0.05, 0) is 52.2 Å². The van der Waals surface area contributed by atoms with E-state index in [4.69, 9.17) is 11.6 Å². The Hall–Kier alpha value is -2.30. The number of nitrogens with zero attached hydrogens (tertiary/aromatic N) is 4. The van der Waals surface area contributed by atoms with Crippen molar-refractivity contribution in [3.05, 3.63) is 41.3 Å². The lowest BCUT2D eigenvalue weighted by molar-refractivity contribution is -0.0499. The maximum atomic E-state index is 13.0. The molecule has 7 nitrogen and oxygen atoms in total. The van der Waals surface area contributed by atoms with E-state index in [1.54, 1.807) is 6.92 Å². The monoisotopic (exact) mass is 458 g/mol. The van der Waals surface area contributed by atoms with Crippen LogP contribution in [-0.2, 0) is 9.84 Å². The van der Waals surface area contributed by atoms with E-state index in [-0.39, 0.29) is 27.2 Å². The molecule has 0 atom stereocenters. The topological polar surface area (TPSA) is 77.3 Å². The molecule has 0 saturated heterocycles. The number of alkyl halides is 2. The highest BCUT2D eigenvalue weighted by Gasteiger charge is 2.21. The zero-order valence-corrected chi connectivity index (χ0v) is 18.2. The van der Waals surface area contributed by atoms with Crippen LogP contribution in [0.3, 0.4) is 0 Å². The summed E-state index contributed by atoms with van der Waals surface area (Å²) in [6.07, 6.45) is 1.96. The molecule has 0 aliphatic carbocycles. The van der Waals surface area contributed by atoms with Gasteiger partial charge >= 0.3 is 6.61 Å². The molecule has 3 rings (SSSR count). The van der Waals surface area contributed by atoms with Crippen LogP contribution in [0.2, 0.25) is 5.15 Å². The number of hydrogen-bond donors (Lipinski definition) is 0. The summed E-state index contributed by atoms with van der Waals surface area (Å²) in [6, 6.07) is 5.30. The number of ether oxygens (including phenoxy) is 1. The SMILES string of the molecule is Cc1nn(-c2cc(S(=O)(=O)CCCN(C)C)ccc2OC(F)F)c2cc(Cl)ncc12. The number of aryl methyl sites for hydroxylation is 1. The molecule has 0 aliphatic heterocycles. The second kappa shape index (κ2) is 8.83. The quantitative estimate of drug-likeness (QED) is 0.479. The molecule has 0 aliphatic rings. The lowest BCUT2D eigenvalue weighted by atomic mass is 10.2. The van der Waals surface area contributed by atoms with Crippen molar-refractivity contribution in [1.82, 2.24) is 19.7 Å². The number of sulfone groups is 1. The average Bonchev–Trinajstić information content (AvgIpc) is 2.96. The number of pyridine rings is 1. The third-order valence-electron chi connectivity index (χ3n) is 4.47. The van der Waals surface area contributed by atoms with Gasteiger partial charge in [0.15, 0.2) is 15.6 Å². The van der Waals surface area contributed by atoms with Gasteiger partial charge in [-0.2, -0.15) is 13.9 Å². The lowest BCUT2D eigenvalue weighted by Crippen LogP contribution is -2.17. The Labute approximate surface area is 178 Å². The third kappa shape index (κ3) is 4.88. The molecule has 2 aromatic heterocycles. The van der Waals surface area contributed by atoms with Crippen LogP contribution in [-0.4, -0.2) is 61.1 Å². The maximum absolute atomic E-state index is 13.0. The van der Waals surface area contributed by atoms with Crippen LogP contribution in [0.5, 0.6) is 5.75 Å². The highest BCUT2D eigenvalue weighted by molar-refractivity contribution is 7.91. The highest BCUT2D eigenvalue weighted by atomic mass is 35.5. The second-order valence-electron chi connectivity index (χ2n) is 7.01. The first-order valence-corrected chi connectivity index (χ1v) is 11.1. The van der Waals surface area contributed by atoms with E-state index < -0.39 is 16.4 Å². The molecule has 0 bridgehead atoms. The van der Waals surface area contributed by atoms with Gasteiger partial charge in [0.05, 0.1) is 21.9 Å². The van der Waals surface area contributed by atoms with Crippen LogP contribution in [0, 0.1) is 6.92 Å². The molecule has 0 saturated carbocycles. The first-order chi connectivity index (χ1) is 14.1. The Morgan fingerprint density at radius 1 is 1.27 bits per heavy atom. The summed E-state index contributed by atoms with van der Waals surface area (Å²) in [6.45, 7) is -0.753. The molecule has 0 unspecified atom stereocenters. The minimum Gasteiger partial charge on any atom is -0.433 e. The van der Waals surface area contributed by atoms with E-state index in [9.17, 15) is 17.2 Å². The number of benzene rings is 1. The number of rotatable bonds is 8. The number of hydrogen-bond acceptors (Lipinski definition) is 6. The predicted octanol–water partition coefficient (Wildman–Crippen LogP) is 3.71. The van der Waals surface area contributed by atoms with Crippen LogP contribution >= 0.6 is 11.6 Å². The van der Waals surface area contributed by atoms with Crippen LogP contribution in [0.1, 0.15) is 12.1 Å². The average molecular weight is 459 g/mol. The molecule has 1 aromatic carbocycles. The van der Waals surface area contributed by atoms with Gasteiger partial charge in [-0.25, -0.2) is 18.1 Å². The zero-order valence-electron chi connectivity index (χ0n) is 16.6. The summed E-state index contributed by atoms with van der Waals surface area (Å²) in [4.78, 5) is 5.90. The van der Waals surface area contributed by atoms with E-state index in [0.29, 0.717) is 29.6 Å². The lowest BCUT2D eigenvalue weighted by Gasteiger charge is -2.14. The third-order valence-corrected chi connectivity index (χ3v) is 6.47. The van der Waals surface area contributed by atoms with E-state index >= 15 is 0 Å². The molecule has 0 spiro atoms. The molecular weight excluding hydrogens is 438 g/mol. The number of aromatic nitrogens is 3. The van der Waals surface area contributed by atoms with Crippen LogP contribution in [0.15, 0.2) is 35.4 Å². The Kier molecular flexibility index (Phi) is 6.59. The molecule has 0 amide bonds. The summed E-state index contributed by atoms with van der Waals surface area (Å²) in [5.41, 5.74) is 1.15. The van der Waals surface area contributed by atoms with Crippen LogP contribution in [0.4, 0.5) is 8.78 Å². The van der Waals surface area contributed by atoms with Gasteiger partial charge in [0.2, 0.25) is 0 Å². The van der Waals surface area contributed by atoms with Crippen molar-refractivity contribution in [2.75, 3.05) is 26.4 Å². The molecule has 3 aromatic rings. The fourth-order valence-electron chi connectivity index (χ4n) is 3.06. The summed E-state index contributed by atoms with van der Waals surface area (Å²) in [7, 11) is 0.0715. The minimum absolute atomic E-state index is 0.000622. The number of halogens is 3. The molecule has 11 heteroatoms. The Balaban J connectivity index is 2.13. The van der Waals surface area contributed by atoms with Gasteiger partial charge in [-0.15, -0.1) is 0 Å². The van der Waals surface area contributed by atoms with Crippen molar-refractivity contribution in [2.45, 2.75) is 24.9 Å². The van der Waals surface area contributed by atoms with Crippen molar-refractivity contribution >= 4 is 32.3 Å². The first kappa shape index (κ1) is 22.4. The van der Waals surface area contributed by atoms with Crippen molar-refractivity contribution in [3.63, 3.8) is 0 Å². The smallest absolute Gasteiger partial charge is 0.387 e. The van der Waals surface area contributed by atoms with Gasteiger partial charge in [-0.1, -0.05) is 11.6 Å². The van der Waals surface area contributed by atoms with E-state index in [1.807, 2.05) is 19.0 Å². The van der Waals surface area contributed by atoms with Crippen molar-refractivity contribution in [1.29, 1.82) is 0 Å². The van der Waals surface area contributed by atoms with Gasteiger partial charge in [0.25, 0.3) is 0 Å². The summed E-state index contributed by atoms with van der Waals surface area (Å²) < 4.78 is 57.5. The normalized spacial score (nSPS) is 12.3. The van der Waals surface area contributed by atoms with Gasteiger partial charge in [0.1, 0.15) is 10.8 Å². The Morgan fingerprint density at radius 3 is 2.67 bits per heavy atom. The minimum atomic E-state index is -3.64. The van der Waals surface area contributed by atoms with Crippen LogP contribution in [0.25, 0.3) is 16.6 Å².